The van der Waals surface area contributed by atoms with Crippen molar-refractivity contribution >= 4 is 17.4 Å². The van der Waals surface area contributed by atoms with Crippen LogP contribution in [-0.2, 0) is 0 Å². The first-order valence-corrected chi connectivity index (χ1v) is 5.30. The largest absolute Gasteiger partial charge is 0.346 e. The number of nitrogens with zero attached hydrogens (tertiary/aromatic N) is 1. The minimum atomic E-state index is 0.00617. The topological polar surface area (TPSA) is 22.0 Å². The summed E-state index contributed by atoms with van der Waals surface area (Å²) in [6.45, 7) is 8.19. The normalized spacial score (nSPS) is 11.0. The lowest BCUT2D eigenvalue weighted by molar-refractivity contribution is 0.102. The van der Waals surface area contributed by atoms with Crippen molar-refractivity contribution in [1.82, 2.24) is 4.57 Å². The second-order valence-electron chi connectivity index (χ2n) is 3.81. The Morgan fingerprint density at radius 1 is 1.50 bits per heavy atom. The molecular formula is C11H16ClNO. The van der Waals surface area contributed by atoms with E-state index in [4.69, 9.17) is 11.6 Å². The highest BCUT2D eigenvalue weighted by Crippen LogP contribution is 2.20. The van der Waals surface area contributed by atoms with Crippen LogP contribution < -0.4 is 0 Å². The number of Topliss-reactive ketones (excluding diaryl/α,β-unsaturated/α-hetero) is 1. The summed E-state index contributed by atoms with van der Waals surface area (Å²) < 4.78 is 2.15. The second-order valence-corrected chi connectivity index (χ2v) is 4.07. The van der Waals surface area contributed by atoms with Gasteiger partial charge in [0, 0.05) is 23.0 Å². The van der Waals surface area contributed by atoms with Gasteiger partial charge in [-0.15, -0.1) is 11.6 Å². The van der Waals surface area contributed by atoms with Gasteiger partial charge in [0.1, 0.15) is 0 Å². The molecule has 0 aliphatic carbocycles. The first-order valence-electron chi connectivity index (χ1n) is 4.76. The molecule has 0 aliphatic heterocycles. The highest BCUT2D eigenvalue weighted by molar-refractivity contribution is 6.30. The van der Waals surface area contributed by atoms with Crippen LogP contribution in [0.5, 0.6) is 0 Å². The zero-order chi connectivity index (χ0) is 10.9. The number of carbonyl (C=O) groups excluding carboxylic acids is 1. The minimum Gasteiger partial charge on any atom is -0.346 e. The van der Waals surface area contributed by atoms with Gasteiger partial charge in [-0.2, -0.15) is 0 Å². The number of halogens is 1. The van der Waals surface area contributed by atoms with Gasteiger partial charge in [0.2, 0.25) is 0 Å². The maximum atomic E-state index is 11.5. The van der Waals surface area contributed by atoms with Crippen molar-refractivity contribution in [2.75, 3.05) is 5.88 Å². The van der Waals surface area contributed by atoms with Gasteiger partial charge in [-0.1, -0.05) is 0 Å². The van der Waals surface area contributed by atoms with Crippen molar-refractivity contribution in [2.45, 2.75) is 33.7 Å². The van der Waals surface area contributed by atoms with Gasteiger partial charge in [0.15, 0.2) is 5.78 Å². The maximum Gasteiger partial charge on any atom is 0.179 e. The van der Waals surface area contributed by atoms with Crippen LogP contribution in [0.3, 0.4) is 0 Å². The molecule has 0 fully saturated rings. The highest BCUT2D eigenvalue weighted by Gasteiger charge is 2.15. The summed E-state index contributed by atoms with van der Waals surface area (Å²) in [5, 5.41) is 0. The molecule has 14 heavy (non-hydrogen) atoms. The molecule has 0 saturated heterocycles. The van der Waals surface area contributed by atoms with Gasteiger partial charge in [-0.05, 0) is 33.8 Å². The lowest BCUT2D eigenvalue weighted by atomic mass is 10.2. The number of aryl methyl sites for hydroxylation is 1. The maximum absolute atomic E-state index is 11.5. The molecule has 2 nitrogen and oxygen atoms in total. The van der Waals surface area contributed by atoms with Crippen LogP contribution in [0.2, 0.25) is 0 Å². The van der Waals surface area contributed by atoms with Gasteiger partial charge < -0.3 is 4.57 Å². The van der Waals surface area contributed by atoms with Gasteiger partial charge >= 0.3 is 0 Å². The lowest BCUT2D eigenvalue weighted by Gasteiger charge is -2.13. The molecule has 0 spiro atoms. The Balaban J connectivity index is 3.23. The monoisotopic (exact) mass is 213 g/mol. The molecule has 0 aliphatic rings. The fourth-order valence-corrected chi connectivity index (χ4v) is 2.07. The van der Waals surface area contributed by atoms with Crippen molar-refractivity contribution in [3.8, 4) is 0 Å². The van der Waals surface area contributed by atoms with Gasteiger partial charge in [0.05, 0.1) is 5.88 Å². The van der Waals surface area contributed by atoms with Crippen LogP contribution in [-0.4, -0.2) is 16.2 Å². The summed E-state index contributed by atoms with van der Waals surface area (Å²) in [5.41, 5.74) is 2.89. The fourth-order valence-electron chi connectivity index (χ4n) is 1.93. The van der Waals surface area contributed by atoms with Gasteiger partial charge in [-0.25, -0.2) is 0 Å². The van der Waals surface area contributed by atoms with E-state index >= 15 is 0 Å². The van der Waals surface area contributed by atoms with E-state index in [-0.39, 0.29) is 11.7 Å². The third-order valence-electron chi connectivity index (χ3n) is 2.42. The standard InChI is InChI=1S/C11H16ClNO/c1-7(2)13-8(3)5-10(9(13)4)11(14)6-12/h5,7H,6H2,1-4H3. The first-order chi connectivity index (χ1) is 6.49. The van der Waals surface area contributed by atoms with Crippen molar-refractivity contribution < 1.29 is 4.79 Å². The fraction of sp³-hybridized carbons (Fsp3) is 0.545. The zero-order valence-corrected chi connectivity index (χ0v) is 9.85. The van der Waals surface area contributed by atoms with Crippen molar-refractivity contribution in [3.05, 3.63) is 23.0 Å². The molecule has 0 aromatic carbocycles. The van der Waals surface area contributed by atoms with Crippen LogP contribution >= 0.6 is 11.6 Å². The molecule has 3 heteroatoms. The molecule has 0 saturated carbocycles. The smallest absolute Gasteiger partial charge is 0.179 e. The van der Waals surface area contributed by atoms with E-state index in [9.17, 15) is 4.79 Å². The predicted molar refractivity (Wildman–Crippen MR) is 59.3 cm³/mol. The van der Waals surface area contributed by atoms with E-state index in [1.807, 2.05) is 19.9 Å². The number of ketones is 1. The van der Waals surface area contributed by atoms with Crippen LogP contribution in [0, 0.1) is 13.8 Å². The van der Waals surface area contributed by atoms with E-state index in [1.54, 1.807) is 0 Å². The Kier molecular flexibility index (Phi) is 3.38. The van der Waals surface area contributed by atoms with Crippen LogP contribution in [0.4, 0.5) is 0 Å². The molecule has 0 atom stereocenters. The molecule has 1 rings (SSSR count). The summed E-state index contributed by atoms with van der Waals surface area (Å²) in [7, 11) is 0. The average Bonchev–Trinajstić information content (AvgIpc) is 2.40. The molecule has 0 bridgehead atoms. The summed E-state index contributed by atoms with van der Waals surface area (Å²) in [4.78, 5) is 11.5. The molecule has 0 radical (unpaired) electrons. The Hall–Kier alpha value is -0.760. The van der Waals surface area contributed by atoms with E-state index < -0.39 is 0 Å². The average molecular weight is 214 g/mol. The van der Waals surface area contributed by atoms with Crippen LogP contribution in [0.25, 0.3) is 0 Å². The number of hydrogen-bond donors (Lipinski definition) is 0. The third kappa shape index (κ3) is 1.85. The molecule has 0 N–H and O–H groups in total. The molecular weight excluding hydrogens is 198 g/mol. The van der Waals surface area contributed by atoms with E-state index in [0.29, 0.717) is 6.04 Å². The molecule has 0 amide bonds. The van der Waals surface area contributed by atoms with Crippen molar-refractivity contribution in [2.24, 2.45) is 0 Å². The lowest BCUT2D eigenvalue weighted by Crippen LogP contribution is -2.07. The summed E-state index contributed by atoms with van der Waals surface area (Å²) in [5.74, 6) is 0.0641. The highest BCUT2D eigenvalue weighted by atomic mass is 35.5. The number of alkyl halides is 1. The number of hydrogen-bond acceptors (Lipinski definition) is 1. The molecule has 0 unspecified atom stereocenters. The SMILES string of the molecule is Cc1cc(C(=O)CCl)c(C)n1C(C)C. The molecule has 1 aromatic heterocycles. The van der Waals surface area contributed by atoms with Gasteiger partial charge in [-0.3, -0.25) is 4.79 Å². The number of rotatable bonds is 3. The van der Waals surface area contributed by atoms with Crippen molar-refractivity contribution in [3.63, 3.8) is 0 Å². The summed E-state index contributed by atoms with van der Waals surface area (Å²) in [6.07, 6.45) is 0. The number of aromatic nitrogens is 1. The Morgan fingerprint density at radius 3 is 2.43 bits per heavy atom. The quantitative estimate of drug-likeness (QED) is 0.559. The third-order valence-corrected chi connectivity index (χ3v) is 2.67. The molecule has 78 valence electrons. The van der Waals surface area contributed by atoms with E-state index in [1.165, 1.54) is 0 Å². The Morgan fingerprint density at radius 2 is 2.07 bits per heavy atom. The zero-order valence-electron chi connectivity index (χ0n) is 9.10. The summed E-state index contributed by atoms with van der Waals surface area (Å²) in [6, 6.07) is 2.30. The molecule has 1 heterocycles. The van der Waals surface area contributed by atoms with E-state index in [0.717, 1.165) is 17.0 Å². The summed E-state index contributed by atoms with van der Waals surface area (Å²) >= 11 is 5.54. The first kappa shape index (κ1) is 11.3. The predicted octanol–water partition coefficient (Wildman–Crippen LogP) is 3.11. The molecule has 1 aromatic rings. The van der Waals surface area contributed by atoms with E-state index in [2.05, 4.69) is 18.4 Å². The van der Waals surface area contributed by atoms with Crippen LogP contribution in [0.1, 0.15) is 41.6 Å². The number of carbonyl (C=O) groups is 1. The van der Waals surface area contributed by atoms with Crippen LogP contribution in [0.15, 0.2) is 6.07 Å². The Labute approximate surface area is 89.9 Å². The Bertz CT molecular complexity index is 352. The van der Waals surface area contributed by atoms with Crippen molar-refractivity contribution in [1.29, 1.82) is 0 Å². The second kappa shape index (κ2) is 4.18. The minimum absolute atomic E-state index is 0.00617. The van der Waals surface area contributed by atoms with Gasteiger partial charge in [0.25, 0.3) is 0 Å².